The summed E-state index contributed by atoms with van der Waals surface area (Å²) in [6.45, 7) is 6.89. The number of rotatable bonds is 6. The predicted octanol–water partition coefficient (Wildman–Crippen LogP) is 3.75. The van der Waals surface area contributed by atoms with Crippen LogP contribution in [0.5, 0.6) is 11.5 Å². The minimum Gasteiger partial charge on any atom is -0.493 e. The van der Waals surface area contributed by atoms with Crippen LogP contribution in [0.25, 0.3) is 10.9 Å². The fourth-order valence-electron chi connectivity index (χ4n) is 5.66. The molecule has 0 radical (unpaired) electrons. The molecule has 0 bridgehead atoms. The lowest BCUT2D eigenvalue weighted by Gasteiger charge is -2.33. The van der Waals surface area contributed by atoms with Crippen LogP contribution in [0.1, 0.15) is 36.3 Å². The average Bonchev–Trinajstić information content (AvgIpc) is 3.13. The highest BCUT2D eigenvalue weighted by Gasteiger charge is 2.29. The summed E-state index contributed by atoms with van der Waals surface area (Å²) in [4.78, 5) is 16.9. The first kappa shape index (κ1) is 24.6. The number of hydrogen-bond donors (Lipinski definition) is 1. The quantitative estimate of drug-likeness (QED) is 0.560. The summed E-state index contributed by atoms with van der Waals surface area (Å²) in [7, 11) is 5.55. The average molecular weight is 491 g/mol. The van der Waals surface area contributed by atoms with Gasteiger partial charge in [0.1, 0.15) is 5.82 Å². The molecule has 5 rings (SSSR count). The molecular formula is C28H38N6O2. The first-order valence-electron chi connectivity index (χ1n) is 13.0. The van der Waals surface area contributed by atoms with Gasteiger partial charge in [-0.1, -0.05) is 30.3 Å². The van der Waals surface area contributed by atoms with Crippen LogP contribution in [0.15, 0.2) is 36.4 Å². The monoisotopic (exact) mass is 490 g/mol. The molecule has 2 saturated heterocycles. The Labute approximate surface area is 214 Å². The normalized spacial score (nSPS) is 18.4. The van der Waals surface area contributed by atoms with E-state index in [4.69, 9.17) is 25.2 Å². The Morgan fingerprint density at radius 3 is 2.44 bits per heavy atom. The van der Waals surface area contributed by atoms with Gasteiger partial charge in [-0.3, -0.25) is 4.90 Å². The lowest BCUT2D eigenvalue weighted by atomic mass is 9.86. The molecule has 192 valence electrons. The SMILES string of the molecule is COc1cc2nc(N3CCCN(C)CC3)nc(N)c2c(C2CCN(Cc3ccccc3)CC2)c1OC. The molecule has 0 aliphatic carbocycles. The number of likely N-dealkylation sites (tertiary alicyclic amines) is 1. The van der Waals surface area contributed by atoms with Crippen LogP contribution in [0, 0.1) is 0 Å². The second-order valence-corrected chi connectivity index (χ2v) is 10.0. The molecule has 36 heavy (non-hydrogen) atoms. The lowest BCUT2D eigenvalue weighted by molar-refractivity contribution is 0.203. The Balaban J connectivity index is 1.47. The molecule has 2 N–H and O–H groups in total. The summed E-state index contributed by atoms with van der Waals surface area (Å²) < 4.78 is 11.7. The number of hydrogen-bond acceptors (Lipinski definition) is 8. The molecule has 3 aromatic rings. The molecule has 8 heteroatoms. The largest absolute Gasteiger partial charge is 0.493 e. The maximum Gasteiger partial charge on any atom is 0.227 e. The highest BCUT2D eigenvalue weighted by Crippen LogP contribution is 2.46. The smallest absolute Gasteiger partial charge is 0.227 e. The van der Waals surface area contributed by atoms with Gasteiger partial charge in [0.15, 0.2) is 11.5 Å². The second kappa shape index (κ2) is 10.9. The van der Waals surface area contributed by atoms with E-state index in [0.29, 0.717) is 23.4 Å². The van der Waals surface area contributed by atoms with Crippen molar-refractivity contribution in [3.63, 3.8) is 0 Å². The van der Waals surface area contributed by atoms with Crippen LogP contribution < -0.4 is 20.1 Å². The van der Waals surface area contributed by atoms with Gasteiger partial charge >= 0.3 is 0 Å². The van der Waals surface area contributed by atoms with Crippen LogP contribution in [0.3, 0.4) is 0 Å². The van der Waals surface area contributed by atoms with Crippen molar-refractivity contribution in [2.24, 2.45) is 0 Å². The predicted molar refractivity (Wildman–Crippen MR) is 145 cm³/mol. The highest BCUT2D eigenvalue weighted by molar-refractivity contribution is 5.96. The Morgan fingerprint density at radius 1 is 0.944 bits per heavy atom. The van der Waals surface area contributed by atoms with E-state index >= 15 is 0 Å². The van der Waals surface area contributed by atoms with E-state index in [1.54, 1.807) is 14.2 Å². The number of nitrogens with two attached hydrogens (primary N) is 1. The number of aromatic nitrogens is 2. The van der Waals surface area contributed by atoms with Crippen molar-refractivity contribution in [3.05, 3.63) is 47.5 Å². The fourth-order valence-corrected chi connectivity index (χ4v) is 5.66. The topological polar surface area (TPSA) is 80.0 Å². The molecular weight excluding hydrogens is 452 g/mol. The molecule has 0 spiro atoms. The summed E-state index contributed by atoms with van der Waals surface area (Å²) in [5, 5.41) is 0.907. The van der Waals surface area contributed by atoms with Gasteiger partial charge in [-0.05, 0) is 57.4 Å². The van der Waals surface area contributed by atoms with Crippen LogP contribution in [0.2, 0.25) is 0 Å². The third-order valence-corrected chi connectivity index (χ3v) is 7.63. The zero-order valence-electron chi connectivity index (χ0n) is 21.7. The van der Waals surface area contributed by atoms with Crippen LogP contribution in [0.4, 0.5) is 11.8 Å². The zero-order valence-corrected chi connectivity index (χ0v) is 21.7. The maximum absolute atomic E-state index is 6.69. The maximum atomic E-state index is 6.69. The molecule has 0 unspecified atom stereocenters. The molecule has 2 aliphatic heterocycles. The van der Waals surface area contributed by atoms with Crippen molar-refractivity contribution >= 4 is 22.7 Å². The number of fused-ring (bicyclic) bond motifs is 1. The number of methoxy groups -OCH3 is 2. The van der Waals surface area contributed by atoms with Crippen LogP contribution >= 0.6 is 0 Å². The fraction of sp³-hybridized carbons (Fsp3) is 0.500. The zero-order chi connectivity index (χ0) is 25.1. The van der Waals surface area contributed by atoms with E-state index in [-0.39, 0.29) is 0 Å². The third-order valence-electron chi connectivity index (χ3n) is 7.63. The van der Waals surface area contributed by atoms with Gasteiger partial charge in [-0.25, -0.2) is 4.98 Å². The third kappa shape index (κ3) is 5.06. The Kier molecular flexibility index (Phi) is 7.43. The second-order valence-electron chi connectivity index (χ2n) is 10.0. The summed E-state index contributed by atoms with van der Waals surface area (Å²) in [5.74, 6) is 2.98. The molecule has 0 amide bonds. The van der Waals surface area contributed by atoms with Gasteiger partial charge in [0.25, 0.3) is 0 Å². The van der Waals surface area contributed by atoms with E-state index in [2.05, 4.69) is 52.1 Å². The molecule has 1 aromatic heterocycles. The van der Waals surface area contributed by atoms with Crippen LogP contribution in [-0.4, -0.2) is 80.3 Å². The highest BCUT2D eigenvalue weighted by atomic mass is 16.5. The molecule has 2 aromatic carbocycles. The van der Waals surface area contributed by atoms with Crippen molar-refractivity contribution < 1.29 is 9.47 Å². The van der Waals surface area contributed by atoms with E-state index in [1.807, 2.05) is 6.07 Å². The van der Waals surface area contributed by atoms with Gasteiger partial charge < -0.3 is 25.0 Å². The van der Waals surface area contributed by atoms with Gasteiger partial charge in [0.05, 0.1) is 25.1 Å². The Bertz CT molecular complexity index is 1180. The summed E-state index contributed by atoms with van der Waals surface area (Å²) in [6.07, 6.45) is 3.12. The van der Waals surface area contributed by atoms with E-state index in [0.717, 1.165) is 87.3 Å². The minimum atomic E-state index is 0.299. The molecule has 0 atom stereocenters. The summed E-state index contributed by atoms with van der Waals surface area (Å²) in [6, 6.07) is 12.6. The van der Waals surface area contributed by atoms with Gasteiger partial charge in [-0.2, -0.15) is 4.98 Å². The molecule has 2 fully saturated rings. The van der Waals surface area contributed by atoms with Gasteiger partial charge in [0, 0.05) is 37.8 Å². The first-order chi connectivity index (χ1) is 17.6. The van der Waals surface area contributed by atoms with E-state index in [9.17, 15) is 0 Å². The van der Waals surface area contributed by atoms with E-state index in [1.165, 1.54) is 5.56 Å². The number of nitrogens with zero attached hydrogens (tertiary/aromatic N) is 5. The standard InChI is InChI=1S/C28H38N6O2/c1-32-12-7-13-34(17-16-32)28-30-22-18-23(35-2)26(36-3)24(25(22)27(29)31-28)21-10-14-33(15-11-21)19-20-8-5-4-6-9-20/h4-6,8-9,18,21H,7,10-17,19H2,1-3H3,(H2,29,30,31). The molecule has 3 heterocycles. The number of benzene rings is 2. The van der Waals surface area contributed by atoms with Gasteiger partial charge in [-0.15, -0.1) is 0 Å². The summed E-state index contributed by atoms with van der Waals surface area (Å²) >= 11 is 0. The van der Waals surface area contributed by atoms with Gasteiger partial charge in [0.2, 0.25) is 5.95 Å². The number of likely N-dealkylation sites (N-methyl/N-ethyl adjacent to an activating group) is 1. The number of anilines is 2. The van der Waals surface area contributed by atoms with Crippen molar-refractivity contribution in [2.45, 2.75) is 31.7 Å². The molecule has 2 aliphatic rings. The van der Waals surface area contributed by atoms with Crippen molar-refractivity contribution in [2.75, 3.05) is 71.2 Å². The minimum absolute atomic E-state index is 0.299. The van der Waals surface area contributed by atoms with Crippen molar-refractivity contribution in [1.29, 1.82) is 0 Å². The van der Waals surface area contributed by atoms with E-state index < -0.39 is 0 Å². The molecule has 8 nitrogen and oxygen atoms in total. The summed E-state index contributed by atoms with van der Waals surface area (Å²) in [5.41, 5.74) is 9.96. The molecule has 0 saturated carbocycles. The first-order valence-corrected chi connectivity index (χ1v) is 13.0. The number of nitrogen functional groups attached to an aromatic ring is 1. The number of piperidine rings is 1. The van der Waals surface area contributed by atoms with Crippen molar-refractivity contribution in [3.8, 4) is 11.5 Å². The number of ether oxygens (including phenoxy) is 2. The lowest BCUT2D eigenvalue weighted by Crippen LogP contribution is -2.32. The Morgan fingerprint density at radius 2 is 1.72 bits per heavy atom. The van der Waals surface area contributed by atoms with Crippen molar-refractivity contribution in [1.82, 2.24) is 19.8 Å². The Hall–Kier alpha value is -3.10. The van der Waals surface area contributed by atoms with Crippen LogP contribution in [-0.2, 0) is 6.54 Å².